The SMILES string of the molecule is CN(c1ccccc1)S(=O)(=O)c1ccc(C(=O)OCc2ccccn2)cc1. The van der Waals surface area contributed by atoms with Crippen molar-refractivity contribution in [3.8, 4) is 0 Å². The van der Waals surface area contributed by atoms with Crippen LogP contribution in [0.2, 0.25) is 0 Å². The van der Waals surface area contributed by atoms with E-state index in [-0.39, 0.29) is 17.1 Å². The Bertz CT molecular complexity index is 1000. The maximum absolute atomic E-state index is 12.7. The summed E-state index contributed by atoms with van der Waals surface area (Å²) in [6.45, 7) is 0.0521. The summed E-state index contributed by atoms with van der Waals surface area (Å²) in [5, 5.41) is 0. The van der Waals surface area contributed by atoms with Gasteiger partial charge in [0.1, 0.15) is 6.61 Å². The van der Waals surface area contributed by atoms with Crippen molar-refractivity contribution in [2.75, 3.05) is 11.4 Å². The highest BCUT2D eigenvalue weighted by Crippen LogP contribution is 2.22. The number of hydrogen-bond acceptors (Lipinski definition) is 5. The molecule has 0 aliphatic rings. The number of hydrogen-bond donors (Lipinski definition) is 0. The number of para-hydroxylation sites is 1. The fourth-order valence-corrected chi connectivity index (χ4v) is 3.60. The number of pyridine rings is 1. The third kappa shape index (κ3) is 4.32. The normalized spacial score (nSPS) is 11.0. The van der Waals surface area contributed by atoms with Crippen LogP contribution in [0.25, 0.3) is 0 Å². The molecule has 0 radical (unpaired) electrons. The summed E-state index contributed by atoms with van der Waals surface area (Å²) in [4.78, 5) is 16.3. The Hall–Kier alpha value is -3.19. The molecule has 0 N–H and O–H groups in total. The number of ether oxygens (including phenoxy) is 1. The third-order valence-electron chi connectivity index (χ3n) is 3.95. The summed E-state index contributed by atoms with van der Waals surface area (Å²) < 4.78 is 31.8. The number of anilines is 1. The van der Waals surface area contributed by atoms with Gasteiger partial charge >= 0.3 is 5.97 Å². The Balaban J connectivity index is 1.71. The number of carbonyl (C=O) groups is 1. The van der Waals surface area contributed by atoms with Gasteiger partial charge in [0, 0.05) is 13.2 Å². The average molecular weight is 382 g/mol. The molecule has 27 heavy (non-hydrogen) atoms. The van der Waals surface area contributed by atoms with Crippen LogP contribution in [-0.4, -0.2) is 26.4 Å². The molecule has 3 rings (SSSR count). The molecule has 1 heterocycles. The lowest BCUT2D eigenvalue weighted by Gasteiger charge is -2.19. The molecule has 6 nitrogen and oxygen atoms in total. The predicted molar refractivity (Wildman–Crippen MR) is 102 cm³/mol. The van der Waals surface area contributed by atoms with Gasteiger partial charge in [-0.1, -0.05) is 24.3 Å². The van der Waals surface area contributed by atoms with Crippen molar-refractivity contribution in [2.45, 2.75) is 11.5 Å². The second kappa shape index (κ2) is 8.01. The quantitative estimate of drug-likeness (QED) is 0.612. The molecule has 0 aliphatic carbocycles. The molecule has 3 aromatic rings. The zero-order chi connectivity index (χ0) is 19.3. The van der Waals surface area contributed by atoms with Crippen LogP contribution >= 0.6 is 0 Å². The summed E-state index contributed by atoms with van der Waals surface area (Å²) in [6, 6.07) is 19.8. The van der Waals surface area contributed by atoms with Crippen molar-refractivity contribution >= 4 is 21.7 Å². The molecule has 0 saturated heterocycles. The molecule has 0 saturated carbocycles. The number of esters is 1. The predicted octanol–water partition coefficient (Wildman–Crippen LogP) is 3.26. The number of rotatable bonds is 6. The van der Waals surface area contributed by atoms with Crippen molar-refractivity contribution in [1.82, 2.24) is 4.98 Å². The Labute approximate surface area is 158 Å². The molecule has 0 atom stereocenters. The Morgan fingerprint density at radius 1 is 0.963 bits per heavy atom. The summed E-state index contributed by atoms with van der Waals surface area (Å²) in [5.41, 5.74) is 1.46. The van der Waals surface area contributed by atoms with Crippen LogP contribution in [0, 0.1) is 0 Å². The third-order valence-corrected chi connectivity index (χ3v) is 5.75. The smallest absolute Gasteiger partial charge is 0.338 e. The molecule has 0 bridgehead atoms. The molecule has 7 heteroatoms. The monoisotopic (exact) mass is 382 g/mol. The van der Waals surface area contributed by atoms with E-state index in [1.807, 2.05) is 6.07 Å². The zero-order valence-corrected chi connectivity index (χ0v) is 15.5. The molecular weight excluding hydrogens is 364 g/mol. The Morgan fingerprint density at radius 3 is 2.26 bits per heavy atom. The van der Waals surface area contributed by atoms with E-state index in [0.717, 1.165) is 0 Å². The molecular formula is C20H18N2O4S. The standard InChI is InChI=1S/C20H18N2O4S/c1-22(18-8-3-2-4-9-18)27(24,25)19-12-10-16(11-13-19)20(23)26-15-17-7-5-6-14-21-17/h2-14H,15H2,1H3. The van der Waals surface area contributed by atoms with Crippen LogP contribution in [0.15, 0.2) is 83.9 Å². The molecule has 138 valence electrons. The highest BCUT2D eigenvalue weighted by molar-refractivity contribution is 7.92. The molecule has 0 unspecified atom stereocenters. The van der Waals surface area contributed by atoms with Gasteiger partial charge in [-0.3, -0.25) is 9.29 Å². The van der Waals surface area contributed by atoms with Gasteiger partial charge in [0.05, 0.1) is 21.8 Å². The van der Waals surface area contributed by atoms with E-state index in [9.17, 15) is 13.2 Å². The molecule has 0 amide bonds. The van der Waals surface area contributed by atoms with Crippen LogP contribution in [0.5, 0.6) is 0 Å². The minimum Gasteiger partial charge on any atom is -0.456 e. The summed E-state index contributed by atoms with van der Waals surface area (Å²) in [6.07, 6.45) is 1.62. The van der Waals surface area contributed by atoms with Gasteiger partial charge in [-0.05, 0) is 48.5 Å². The van der Waals surface area contributed by atoms with Crippen molar-refractivity contribution in [1.29, 1.82) is 0 Å². The molecule has 0 spiro atoms. The van der Waals surface area contributed by atoms with Crippen molar-refractivity contribution in [2.24, 2.45) is 0 Å². The molecule has 0 fully saturated rings. The number of nitrogens with zero attached hydrogens (tertiary/aromatic N) is 2. The molecule has 0 aliphatic heterocycles. The first-order valence-corrected chi connectivity index (χ1v) is 9.63. The van der Waals surface area contributed by atoms with Crippen LogP contribution in [0.3, 0.4) is 0 Å². The van der Waals surface area contributed by atoms with Gasteiger partial charge in [0.2, 0.25) is 0 Å². The number of benzene rings is 2. The second-order valence-corrected chi connectivity index (χ2v) is 7.70. The van der Waals surface area contributed by atoms with Gasteiger partial charge in [-0.25, -0.2) is 13.2 Å². The minimum absolute atomic E-state index is 0.0521. The molecule has 1 aromatic heterocycles. The lowest BCUT2D eigenvalue weighted by Crippen LogP contribution is -2.26. The summed E-state index contributed by atoms with van der Waals surface area (Å²) >= 11 is 0. The summed E-state index contributed by atoms with van der Waals surface area (Å²) in [7, 11) is -2.23. The maximum Gasteiger partial charge on any atom is 0.338 e. The lowest BCUT2D eigenvalue weighted by molar-refractivity contribution is 0.0467. The van der Waals surface area contributed by atoms with Gasteiger partial charge in [0.25, 0.3) is 10.0 Å². The largest absolute Gasteiger partial charge is 0.456 e. The van der Waals surface area contributed by atoms with E-state index in [0.29, 0.717) is 11.4 Å². The van der Waals surface area contributed by atoms with Crippen LogP contribution in [0.1, 0.15) is 16.1 Å². The first-order chi connectivity index (χ1) is 13.0. The fraction of sp³-hybridized carbons (Fsp3) is 0.100. The van der Waals surface area contributed by atoms with Gasteiger partial charge in [0.15, 0.2) is 0 Å². The van der Waals surface area contributed by atoms with Gasteiger partial charge in [-0.2, -0.15) is 0 Å². The van der Waals surface area contributed by atoms with Gasteiger partial charge in [-0.15, -0.1) is 0 Å². The zero-order valence-electron chi connectivity index (χ0n) is 14.6. The Kier molecular flexibility index (Phi) is 5.52. The number of aromatic nitrogens is 1. The fourth-order valence-electron chi connectivity index (χ4n) is 2.40. The van der Waals surface area contributed by atoms with Crippen molar-refractivity contribution in [3.63, 3.8) is 0 Å². The van der Waals surface area contributed by atoms with E-state index in [4.69, 9.17) is 4.74 Å². The number of carbonyl (C=O) groups excluding carboxylic acids is 1. The molecule has 2 aromatic carbocycles. The van der Waals surface area contributed by atoms with E-state index >= 15 is 0 Å². The topological polar surface area (TPSA) is 76.6 Å². The highest BCUT2D eigenvalue weighted by Gasteiger charge is 2.21. The minimum atomic E-state index is -3.72. The second-order valence-electron chi connectivity index (χ2n) is 5.73. The van der Waals surface area contributed by atoms with Crippen LogP contribution in [-0.2, 0) is 21.4 Å². The van der Waals surface area contributed by atoms with E-state index in [1.54, 1.807) is 48.7 Å². The highest BCUT2D eigenvalue weighted by atomic mass is 32.2. The Morgan fingerprint density at radius 2 is 1.63 bits per heavy atom. The van der Waals surface area contributed by atoms with E-state index in [1.165, 1.54) is 35.6 Å². The number of sulfonamides is 1. The maximum atomic E-state index is 12.7. The van der Waals surface area contributed by atoms with Gasteiger partial charge < -0.3 is 4.74 Å². The van der Waals surface area contributed by atoms with E-state index in [2.05, 4.69) is 4.98 Å². The van der Waals surface area contributed by atoms with Crippen molar-refractivity contribution < 1.29 is 17.9 Å². The average Bonchev–Trinajstić information content (AvgIpc) is 2.73. The van der Waals surface area contributed by atoms with Crippen LogP contribution in [0.4, 0.5) is 5.69 Å². The summed E-state index contributed by atoms with van der Waals surface area (Å²) in [5.74, 6) is -0.541. The van der Waals surface area contributed by atoms with Crippen molar-refractivity contribution in [3.05, 3.63) is 90.3 Å². The van der Waals surface area contributed by atoms with Crippen LogP contribution < -0.4 is 4.31 Å². The first-order valence-electron chi connectivity index (χ1n) is 8.19. The first kappa shape index (κ1) is 18.6. The lowest BCUT2D eigenvalue weighted by atomic mass is 10.2. The van der Waals surface area contributed by atoms with E-state index < -0.39 is 16.0 Å².